The number of hydrogen-bond acceptors (Lipinski definition) is 6. The van der Waals surface area contributed by atoms with Gasteiger partial charge in [-0.2, -0.15) is 5.10 Å². The van der Waals surface area contributed by atoms with E-state index in [0.29, 0.717) is 23.6 Å². The highest BCUT2D eigenvalue weighted by Gasteiger charge is 2.31. The van der Waals surface area contributed by atoms with E-state index < -0.39 is 17.9 Å². The largest absolute Gasteiger partial charge is 0.573 e. The van der Waals surface area contributed by atoms with Crippen LogP contribution < -0.4 is 10.1 Å². The van der Waals surface area contributed by atoms with Gasteiger partial charge in [-0.25, -0.2) is 4.68 Å². The van der Waals surface area contributed by atoms with Gasteiger partial charge in [-0.1, -0.05) is 19.6 Å². The molecule has 7 nitrogen and oxygen atoms in total. The molecule has 0 bridgehead atoms. The van der Waals surface area contributed by atoms with Crippen molar-refractivity contribution in [3.63, 3.8) is 0 Å². The van der Waals surface area contributed by atoms with Gasteiger partial charge in [-0.15, -0.1) is 13.2 Å². The second-order valence-corrected chi connectivity index (χ2v) is 7.61. The van der Waals surface area contributed by atoms with Crippen molar-refractivity contribution < 1.29 is 23.0 Å². The molecule has 35 heavy (non-hydrogen) atoms. The highest BCUT2D eigenvalue weighted by molar-refractivity contribution is 5.85. The molecule has 4 rings (SSSR count). The molecule has 3 heterocycles. The lowest BCUT2D eigenvalue weighted by Gasteiger charge is -2.17. The number of pyridine rings is 2. The number of aliphatic hydroxyl groups is 1. The Hall–Kier alpha value is -4.34. The fraction of sp³-hybridized carbons (Fsp3) is 0.160. The van der Waals surface area contributed by atoms with Crippen LogP contribution in [0.1, 0.15) is 23.9 Å². The molecule has 0 atom stereocenters. The number of benzene rings is 1. The van der Waals surface area contributed by atoms with Crippen molar-refractivity contribution in [1.29, 1.82) is 0 Å². The molecule has 0 saturated carbocycles. The molecule has 0 aliphatic heterocycles. The lowest BCUT2D eigenvalue weighted by atomic mass is 10.1. The SMILES string of the molecule is C=C(O)c1cc(OC(F)(F)F)ccc1Nc1c(-c2cccnc2)c(CC)nn1-c1cccnc1C. The average Bonchev–Trinajstić information content (AvgIpc) is 3.17. The Morgan fingerprint density at radius 3 is 2.57 bits per heavy atom. The van der Waals surface area contributed by atoms with Gasteiger partial charge in [-0.3, -0.25) is 9.97 Å². The second kappa shape index (κ2) is 9.49. The molecule has 0 saturated heterocycles. The molecule has 0 aliphatic rings. The van der Waals surface area contributed by atoms with Gasteiger partial charge in [0.1, 0.15) is 17.3 Å². The molecule has 4 aromatic rings. The predicted octanol–water partition coefficient (Wildman–Crippen LogP) is 6.37. The van der Waals surface area contributed by atoms with Crippen molar-refractivity contribution in [1.82, 2.24) is 19.7 Å². The zero-order chi connectivity index (χ0) is 25.2. The van der Waals surface area contributed by atoms with E-state index in [2.05, 4.69) is 26.6 Å². The van der Waals surface area contributed by atoms with E-state index in [4.69, 9.17) is 5.10 Å². The number of ether oxygens (including phenoxy) is 1. The number of aliphatic hydroxyl groups excluding tert-OH is 1. The van der Waals surface area contributed by atoms with Gasteiger partial charge in [-0.05, 0) is 49.7 Å². The minimum Gasteiger partial charge on any atom is -0.508 e. The van der Waals surface area contributed by atoms with Crippen LogP contribution in [-0.4, -0.2) is 31.2 Å². The van der Waals surface area contributed by atoms with Crippen LogP contribution in [0.4, 0.5) is 24.7 Å². The van der Waals surface area contributed by atoms with Gasteiger partial charge in [0.15, 0.2) is 0 Å². The smallest absolute Gasteiger partial charge is 0.508 e. The predicted molar refractivity (Wildman–Crippen MR) is 127 cm³/mol. The van der Waals surface area contributed by atoms with E-state index in [9.17, 15) is 18.3 Å². The van der Waals surface area contributed by atoms with Gasteiger partial charge in [0, 0.05) is 35.3 Å². The Balaban J connectivity index is 1.92. The first-order chi connectivity index (χ1) is 16.7. The van der Waals surface area contributed by atoms with Crippen molar-refractivity contribution in [2.75, 3.05) is 5.32 Å². The van der Waals surface area contributed by atoms with Crippen molar-refractivity contribution >= 4 is 17.3 Å². The fourth-order valence-electron chi connectivity index (χ4n) is 3.71. The first-order valence-electron chi connectivity index (χ1n) is 10.7. The summed E-state index contributed by atoms with van der Waals surface area (Å²) < 4.78 is 43.9. The summed E-state index contributed by atoms with van der Waals surface area (Å²) in [6.45, 7) is 7.31. The molecule has 0 aliphatic carbocycles. The van der Waals surface area contributed by atoms with E-state index in [0.717, 1.165) is 34.6 Å². The summed E-state index contributed by atoms with van der Waals surface area (Å²) >= 11 is 0. The molecule has 10 heteroatoms. The Morgan fingerprint density at radius 2 is 1.94 bits per heavy atom. The van der Waals surface area contributed by atoms with Crippen molar-refractivity contribution in [3.8, 4) is 22.6 Å². The average molecular weight is 481 g/mol. The Morgan fingerprint density at radius 1 is 1.17 bits per heavy atom. The van der Waals surface area contributed by atoms with Crippen LogP contribution in [-0.2, 0) is 6.42 Å². The van der Waals surface area contributed by atoms with Crippen molar-refractivity contribution in [3.05, 3.63) is 84.6 Å². The zero-order valence-corrected chi connectivity index (χ0v) is 19.0. The molecule has 0 amide bonds. The molecule has 3 aromatic heterocycles. The lowest BCUT2D eigenvalue weighted by Crippen LogP contribution is -2.17. The normalized spacial score (nSPS) is 11.3. The first kappa shape index (κ1) is 23.8. The van der Waals surface area contributed by atoms with E-state index in [1.165, 1.54) is 6.07 Å². The Labute approximate surface area is 199 Å². The molecule has 1 aromatic carbocycles. The third kappa shape index (κ3) is 5.11. The van der Waals surface area contributed by atoms with Crippen LogP contribution in [0, 0.1) is 6.92 Å². The van der Waals surface area contributed by atoms with Gasteiger partial charge in [0.2, 0.25) is 0 Å². The molecule has 0 fully saturated rings. The maximum absolute atomic E-state index is 12.7. The summed E-state index contributed by atoms with van der Waals surface area (Å²) in [5.74, 6) is -0.382. The first-order valence-corrected chi connectivity index (χ1v) is 10.7. The van der Waals surface area contributed by atoms with Gasteiger partial charge in [0.25, 0.3) is 0 Å². The fourth-order valence-corrected chi connectivity index (χ4v) is 3.71. The minimum absolute atomic E-state index is 0.0394. The number of rotatable bonds is 7. The van der Waals surface area contributed by atoms with Crippen LogP contribution >= 0.6 is 0 Å². The van der Waals surface area contributed by atoms with Gasteiger partial charge >= 0.3 is 6.36 Å². The third-order valence-corrected chi connectivity index (χ3v) is 5.24. The van der Waals surface area contributed by atoms with E-state index in [-0.39, 0.29) is 5.56 Å². The molecule has 0 radical (unpaired) electrons. The van der Waals surface area contributed by atoms with E-state index in [1.54, 1.807) is 35.4 Å². The summed E-state index contributed by atoms with van der Waals surface area (Å²) in [5, 5.41) is 18.2. The van der Waals surface area contributed by atoms with E-state index in [1.807, 2.05) is 26.0 Å². The zero-order valence-electron chi connectivity index (χ0n) is 19.0. The monoisotopic (exact) mass is 481 g/mol. The lowest BCUT2D eigenvalue weighted by molar-refractivity contribution is -0.274. The maximum atomic E-state index is 12.7. The van der Waals surface area contributed by atoms with Crippen molar-refractivity contribution in [2.45, 2.75) is 26.6 Å². The molecule has 2 N–H and O–H groups in total. The van der Waals surface area contributed by atoms with Crippen LogP contribution in [0.2, 0.25) is 0 Å². The molecule has 180 valence electrons. The van der Waals surface area contributed by atoms with Gasteiger partial charge < -0.3 is 15.2 Å². The minimum atomic E-state index is -4.87. The number of aromatic nitrogens is 4. The summed E-state index contributed by atoms with van der Waals surface area (Å²) in [6.07, 6.45) is 0.761. The number of hydrogen-bond donors (Lipinski definition) is 2. The number of aryl methyl sites for hydroxylation is 2. The molecular weight excluding hydrogens is 459 g/mol. The third-order valence-electron chi connectivity index (χ3n) is 5.24. The van der Waals surface area contributed by atoms with Crippen LogP contribution in [0.3, 0.4) is 0 Å². The molecule has 0 spiro atoms. The number of halogens is 3. The molecule has 0 unspecified atom stereocenters. The molecular formula is C25H22F3N5O2. The highest BCUT2D eigenvalue weighted by atomic mass is 19.4. The summed E-state index contributed by atoms with van der Waals surface area (Å²) in [5.41, 5.74) is 4.10. The quantitative estimate of drug-likeness (QED) is 0.298. The van der Waals surface area contributed by atoms with Crippen LogP contribution in [0.25, 0.3) is 22.6 Å². The summed E-state index contributed by atoms with van der Waals surface area (Å²) in [6, 6.07) is 10.9. The standard InChI is InChI=1S/C25H22F3N5O2/c1-4-20-23(17-7-5-11-29-14-17)24(33(32-20)22-8-6-12-30-15(22)2)31-21-10-9-18(35-25(26,27)28)13-19(21)16(3)34/h5-14,31,34H,3-4H2,1-2H3. The van der Waals surface area contributed by atoms with E-state index >= 15 is 0 Å². The highest BCUT2D eigenvalue weighted by Crippen LogP contribution is 2.38. The Bertz CT molecular complexity index is 1370. The number of nitrogens with one attached hydrogen (secondary N) is 1. The number of alkyl halides is 3. The summed E-state index contributed by atoms with van der Waals surface area (Å²) in [4.78, 5) is 8.58. The maximum Gasteiger partial charge on any atom is 0.573 e. The second-order valence-electron chi connectivity index (χ2n) is 7.61. The summed E-state index contributed by atoms with van der Waals surface area (Å²) in [7, 11) is 0. The van der Waals surface area contributed by atoms with Crippen molar-refractivity contribution in [2.24, 2.45) is 0 Å². The van der Waals surface area contributed by atoms with Crippen LogP contribution in [0.15, 0.2) is 67.6 Å². The topological polar surface area (TPSA) is 85.1 Å². The Kier molecular flexibility index (Phi) is 6.46. The number of anilines is 2. The van der Waals surface area contributed by atoms with Gasteiger partial charge in [0.05, 0.1) is 22.8 Å². The van der Waals surface area contributed by atoms with Crippen LogP contribution in [0.5, 0.6) is 5.75 Å². The number of nitrogens with zero attached hydrogens (tertiary/aromatic N) is 4.